The quantitative estimate of drug-likeness (QED) is 0.686. The van der Waals surface area contributed by atoms with Gasteiger partial charge in [0.05, 0.1) is 5.54 Å². The van der Waals surface area contributed by atoms with E-state index in [-0.39, 0.29) is 17.8 Å². The number of hydrogen-bond acceptors (Lipinski definition) is 1. The van der Waals surface area contributed by atoms with E-state index in [9.17, 15) is 4.79 Å². The van der Waals surface area contributed by atoms with Crippen molar-refractivity contribution < 1.29 is 6.17 Å². The van der Waals surface area contributed by atoms with Gasteiger partial charge >= 0.3 is 0 Å². The van der Waals surface area contributed by atoms with Crippen LogP contribution in [0.4, 0.5) is 0 Å². The predicted molar refractivity (Wildman–Crippen MR) is 72.3 cm³/mol. The minimum Gasteiger partial charge on any atom is -0.333 e. The van der Waals surface area contributed by atoms with Gasteiger partial charge in [-0.3, -0.25) is 4.79 Å². The van der Waals surface area contributed by atoms with Crippen molar-refractivity contribution in [3.8, 4) is 0 Å². The zero-order valence-electron chi connectivity index (χ0n) is 12.0. The van der Waals surface area contributed by atoms with Gasteiger partial charge < -0.3 is 4.90 Å². The fraction of sp³-hybridized carbons (Fsp3) is 0.562. The van der Waals surface area contributed by atoms with Crippen molar-refractivity contribution in [3.63, 3.8) is 0 Å². The summed E-state index contributed by atoms with van der Waals surface area (Å²) in [6, 6.07) is 8.27. The van der Waals surface area contributed by atoms with Gasteiger partial charge in [-0.1, -0.05) is 43.5 Å². The third-order valence-corrected chi connectivity index (χ3v) is 4.53. The van der Waals surface area contributed by atoms with Crippen LogP contribution in [-0.2, 0) is 16.7 Å². The summed E-state index contributed by atoms with van der Waals surface area (Å²) >= 11 is 0. The molecule has 3 rings (SSSR count). The Labute approximate surface area is 110 Å². The van der Waals surface area contributed by atoms with Crippen LogP contribution in [0.1, 0.15) is 51.5 Å². The summed E-state index contributed by atoms with van der Waals surface area (Å²) in [5.74, 6) is 0.119. The van der Waals surface area contributed by atoms with Crippen molar-refractivity contribution in [3.05, 3.63) is 35.4 Å². The zero-order chi connectivity index (χ0) is 13.5. The second kappa shape index (κ2) is 4.42. The molecule has 0 saturated heterocycles. The fourth-order valence-electron chi connectivity index (χ4n) is 3.71. The second-order valence-corrected chi connectivity index (χ2v) is 5.51. The predicted octanol–water partition coefficient (Wildman–Crippen LogP) is 3.25. The van der Waals surface area contributed by atoms with Crippen LogP contribution in [-0.4, -0.2) is 17.4 Å². The average Bonchev–Trinajstić information content (AvgIpc) is 2.44. The normalized spacial score (nSPS) is 26.6. The van der Waals surface area contributed by atoms with Crippen LogP contribution in [0.3, 0.4) is 0 Å². The Balaban J connectivity index is 2.15. The van der Waals surface area contributed by atoms with E-state index >= 15 is 0 Å². The average molecular weight is 244 g/mol. The number of carbonyl (C=O) groups excluding carboxylic acids is 1. The molecule has 1 spiro atoms. The van der Waals surface area contributed by atoms with Gasteiger partial charge in [0.25, 0.3) is 0 Å². The van der Waals surface area contributed by atoms with E-state index in [0.717, 1.165) is 18.4 Å². The summed E-state index contributed by atoms with van der Waals surface area (Å²) in [6.45, 7) is 2.20. The van der Waals surface area contributed by atoms with Crippen molar-refractivity contribution >= 4 is 5.91 Å². The maximum atomic E-state index is 12.1. The lowest BCUT2D eigenvalue weighted by molar-refractivity contribution is -0.138. The van der Waals surface area contributed by atoms with Crippen molar-refractivity contribution in [2.24, 2.45) is 0 Å². The number of benzene rings is 1. The van der Waals surface area contributed by atoms with Gasteiger partial charge in [-0.05, 0) is 30.4 Å². The summed E-state index contributed by atoms with van der Waals surface area (Å²) in [4.78, 5) is 14.0. The summed E-state index contributed by atoms with van der Waals surface area (Å²) in [7, 11) is 0. The van der Waals surface area contributed by atoms with Gasteiger partial charge in [0, 0.05) is 14.8 Å². The highest BCUT2D eigenvalue weighted by Gasteiger charge is 2.44. The number of rotatable bonds is 0. The van der Waals surface area contributed by atoms with E-state index in [0.29, 0.717) is 6.54 Å². The lowest BCUT2D eigenvalue weighted by atomic mass is 9.71. The number of fused-ring (bicyclic) bond motifs is 2. The first-order valence-corrected chi connectivity index (χ1v) is 6.95. The molecule has 1 aliphatic carbocycles. The van der Waals surface area contributed by atoms with Crippen LogP contribution in [0.2, 0.25) is 0 Å². The Morgan fingerprint density at radius 2 is 2.00 bits per heavy atom. The van der Waals surface area contributed by atoms with E-state index in [2.05, 4.69) is 12.1 Å². The lowest BCUT2D eigenvalue weighted by Crippen LogP contribution is -2.53. The molecular weight excluding hydrogens is 222 g/mol. The molecule has 1 aromatic rings. The SMILES string of the molecule is [2H]C1CN(C(C)=O)C2(CCCCC2)c2ccccc21. The molecule has 1 fully saturated rings. The van der Waals surface area contributed by atoms with Gasteiger partial charge in [-0.2, -0.15) is 0 Å². The van der Waals surface area contributed by atoms with Crippen molar-refractivity contribution in [1.29, 1.82) is 0 Å². The lowest BCUT2D eigenvalue weighted by Gasteiger charge is -2.50. The minimum absolute atomic E-state index is 0.119. The Morgan fingerprint density at radius 1 is 1.28 bits per heavy atom. The molecule has 0 aromatic heterocycles. The molecule has 1 amide bonds. The Kier molecular flexibility index (Phi) is 2.60. The molecule has 18 heavy (non-hydrogen) atoms. The molecule has 2 nitrogen and oxygen atoms in total. The van der Waals surface area contributed by atoms with Crippen molar-refractivity contribution in [2.75, 3.05) is 6.54 Å². The fourth-order valence-corrected chi connectivity index (χ4v) is 3.71. The molecule has 0 N–H and O–H groups in total. The van der Waals surface area contributed by atoms with E-state index in [1.165, 1.54) is 24.8 Å². The van der Waals surface area contributed by atoms with Gasteiger partial charge in [-0.15, -0.1) is 0 Å². The molecule has 1 atom stereocenters. The van der Waals surface area contributed by atoms with Crippen LogP contribution in [0.5, 0.6) is 0 Å². The Morgan fingerprint density at radius 3 is 2.72 bits per heavy atom. The molecule has 96 valence electrons. The topological polar surface area (TPSA) is 20.3 Å². The summed E-state index contributed by atoms with van der Waals surface area (Å²) in [6.07, 6.45) is 5.43. The van der Waals surface area contributed by atoms with E-state index in [4.69, 9.17) is 1.37 Å². The molecule has 2 heteroatoms. The summed E-state index contributed by atoms with van der Waals surface area (Å²) in [5, 5.41) is 0. The molecule has 1 aliphatic heterocycles. The van der Waals surface area contributed by atoms with Gasteiger partial charge in [-0.25, -0.2) is 0 Å². The molecule has 1 unspecified atom stereocenters. The molecule has 1 heterocycles. The van der Waals surface area contributed by atoms with E-state index in [1.807, 2.05) is 17.0 Å². The molecular formula is C16H21NO. The zero-order valence-corrected chi connectivity index (χ0v) is 11.0. The van der Waals surface area contributed by atoms with Gasteiger partial charge in [0.15, 0.2) is 0 Å². The van der Waals surface area contributed by atoms with Crippen molar-refractivity contribution in [2.45, 2.75) is 51.0 Å². The molecule has 0 bridgehead atoms. The van der Waals surface area contributed by atoms with Crippen molar-refractivity contribution in [1.82, 2.24) is 4.90 Å². The molecule has 0 radical (unpaired) electrons. The summed E-state index contributed by atoms with van der Waals surface area (Å²) < 4.78 is 8.29. The number of amides is 1. The number of carbonyl (C=O) groups is 1. The first-order chi connectivity index (χ1) is 9.15. The highest BCUT2D eigenvalue weighted by Crippen LogP contribution is 2.46. The van der Waals surface area contributed by atoms with Crippen LogP contribution in [0, 0.1) is 0 Å². The van der Waals surface area contributed by atoms with Crippen LogP contribution >= 0.6 is 0 Å². The Bertz CT molecular complexity index is 493. The minimum atomic E-state index is -0.298. The highest BCUT2D eigenvalue weighted by molar-refractivity contribution is 5.75. The van der Waals surface area contributed by atoms with E-state index < -0.39 is 0 Å². The monoisotopic (exact) mass is 244 g/mol. The van der Waals surface area contributed by atoms with Gasteiger partial charge in [0.1, 0.15) is 0 Å². The van der Waals surface area contributed by atoms with E-state index in [1.54, 1.807) is 6.92 Å². The maximum absolute atomic E-state index is 12.1. The second-order valence-electron chi connectivity index (χ2n) is 5.51. The van der Waals surface area contributed by atoms with Crippen LogP contribution in [0.15, 0.2) is 24.3 Å². The largest absolute Gasteiger partial charge is 0.333 e. The number of hydrogen-bond donors (Lipinski definition) is 0. The first kappa shape index (κ1) is 10.6. The third kappa shape index (κ3) is 1.66. The maximum Gasteiger partial charge on any atom is 0.220 e. The molecule has 2 aliphatic rings. The molecule has 1 saturated carbocycles. The highest BCUT2D eigenvalue weighted by atomic mass is 16.2. The molecule has 1 aromatic carbocycles. The standard InChI is InChI=1S/C16H21NO/c1-13(18)17-12-9-14-7-3-4-8-15(14)16(17)10-5-2-6-11-16/h3-4,7-8H,2,5-6,9-12H2,1H3/i9D. The summed E-state index contributed by atoms with van der Waals surface area (Å²) in [5.41, 5.74) is 2.23. The number of nitrogens with zero attached hydrogens (tertiary/aromatic N) is 1. The van der Waals surface area contributed by atoms with Gasteiger partial charge in [0.2, 0.25) is 5.91 Å². The Hall–Kier alpha value is -1.31. The van der Waals surface area contributed by atoms with Crippen LogP contribution < -0.4 is 0 Å². The first-order valence-electron chi connectivity index (χ1n) is 7.53. The smallest absolute Gasteiger partial charge is 0.220 e. The van der Waals surface area contributed by atoms with Crippen LogP contribution in [0.25, 0.3) is 0 Å². The third-order valence-electron chi connectivity index (χ3n) is 4.53.